The molecule has 2 aromatic carbocycles. The van der Waals surface area contributed by atoms with Crippen molar-refractivity contribution < 1.29 is 0 Å². The molecule has 0 fully saturated rings. The summed E-state index contributed by atoms with van der Waals surface area (Å²) in [5.41, 5.74) is 9.56. The average Bonchev–Trinajstić information content (AvgIpc) is 2.47. The molecule has 0 saturated heterocycles. The van der Waals surface area contributed by atoms with Crippen LogP contribution >= 0.6 is 24.0 Å². The van der Waals surface area contributed by atoms with E-state index in [-0.39, 0.29) is 29.5 Å². The van der Waals surface area contributed by atoms with Gasteiger partial charge in [-0.15, -0.1) is 24.0 Å². The van der Waals surface area contributed by atoms with Crippen molar-refractivity contribution in [2.75, 3.05) is 6.54 Å². The van der Waals surface area contributed by atoms with Gasteiger partial charge < -0.3 is 11.1 Å². The van der Waals surface area contributed by atoms with Gasteiger partial charge in [0.05, 0.1) is 0 Å². The maximum Gasteiger partial charge on any atom is 0.188 e. The number of halogens is 1. The van der Waals surface area contributed by atoms with Crippen LogP contribution in [0.1, 0.15) is 26.3 Å². The fraction of sp³-hybridized carbons (Fsp3) is 0.316. The standard InChI is InChI=1S/C19H25N3.HI/c1-19(2,3)22-18(20)21-14-13-15-9-11-17(12-10-15)16-7-5-4-6-8-16;/h4-12H,13-14H2,1-3H3,(H3,20,21,22);1H. The van der Waals surface area contributed by atoms with Gasteiger partial charge in [-0.2, -0.15) is 0 Å². The minimum absolute atomic E-state index is 0. The molecular formula is C19H26IN3. The molecule has 0 unspecified atom stereocenters. The third-order valence-electron chi connectivity index (χ3n) is 3.25. The minimum Gasteiger partial charge on any atom is -0.370 e. The molecule has 2 aromatic rings. The number of nitrogens with one attached hydrogen (secondary N) is 1. The van der Waals surface area contributed by atoms with Gasteiger partial charge in [-0.25, -0.2) is 0 Å². The van der Waals surface area contributed by atoms with E-state index >= 15 is 0 Å². The van der Waals surface area contributed by atoms with Gasteiger partial charge in [0.1, 0.15) is 0 Å². The zero-order valence-electron chi connectivity index (χ0n) is 14.0. The Hall–Kier alpha value is -1.56. The van der Waals surface area contributed by atoms with Crippen LogP contribution in [0.4, 0.5) is 0 Å². The van der Waals surface area contributed by atoms with E-state index in [1.165, 1.54) is 16.7 Å². The minimum atomic E-state index is -0.0507. The van der Waals surface area contributed by atoms with Crippen LogP contribution in [0, 0.1) is 0 Å². The van der Waals surface area contributed by atoms with E-state index in [1.54, 1.807) is 0 Å². The first-order valence-corrected chi connectivity index (χ1v) is 7.66. The van der Waals surface area contributed by atoms with Crippen LogP contribution in [0.25, 0.3) is 11.1 Å². The van der Waals surface area contributed by atoms with Gasteiger partial charge >= 0.3 is 0 Å². The highest BCUT2D eigenvalue weighted by atomic mass is 127. The molecule has 0 atom stereocenters. The topological polar surface area (TPSA) is 50.4 Å². The summed E-state index contributed by atoms with van der Waals surface area (Å²) >= 11 is 0. The number of benzene rings is 2. The lowest BCUT2D eigenvalue weighted by Crippen LogP contribution is -2.45. The van der Waals surface area contributed by atoms with Crippen molar-refractivity contribution in [3.8, 4) is 11.1 Å². The molecule has 0 aliphatic rings. The number of rotatable bonds is 4. The van der Waals surface area contributed by atoms with Gasteiger partial charge in [0, 0.05) is 12.1 Å². The molecule has 0 spiro atoms. The molecule has 0 heterocycles. The first-order chi connectivity index (χ1) is 10.4. The van der Waals surface area contributed by atoms with Crippen molar-refractivity contribution in [2.45, 2.75) is 32.7 Å². The van der Waals surface area contributed by atoms with Crippen molar-refractivity contribution in [3.05, 3.63) is 60.2 Å². The lowest BCUT2D eigenvalue weighted by Gasteiger charge is -2.20. The second-order valence-corrected chi connectivity index (χ2v) is 6.45. The highest BCUT2D eigenvalue weighted by molar-refractivity contribution is 14.0. The molecule has 4 heteroatoms. The second kappa shape index (κ2) is 8.91. The normalized spacial score (nSPS) is 11.7. The van der Waals surface area contributed by atoms with E-state index in [1.807, 2.05) is 6.07 Å². The molecule has 0 bridgehead atoms. The molecule has 0 aliphatic heterocycles. The van der Waals surface area contributed by atoms with Crippen molar-refractivity contribution in [2.24, 2.45) is 10.7 Å². The summed E-state index contributed by atoms with van der Waals surface area (Å²) in [4.78, 5) is 4.37. The number of hydrogen-bond acceptors (Lipinski definition) is 1. The fourth-order valence-corrected chi connectivity index (χ4v) is 2.22. The Morgan fingerprint density at radius 1 is 0.957 bits per heavy atom. The number of nitrogens with two attached hydrogens (primary N) is 1. The smallest absolute Gasteiger partial charge is 0.188 e. The van der Waals surface area contributed by atoms with Gasteiger partial charge in [0.25, 0.3) is 0 Å². The van der Waals surface area contributed by atoms with Gasteiger partial charge in [0.2, 0.25) is 0 Å². The number of aliphatic imine (C=N–C) groups is 1. The molecule has 0 saturated carbocycles. The predicted octanol–water partition coefficient (Wildman–Crippen LogP) is 4.22. The molecule has 23 heavy (non-hydrogen) atoms. The Labute approximate surface area is 156 Å². The van der Waals surface area contributed by atoms with Crippen LogP contribution in [0.5, 0.6) is 0 Å². The lowest BCUT2D eigenvalue weighted by molar-refractivity contribution is 0.508. The highest BCUT2D eigenvalue weighted by Crippen LogP contribution is 2.19. The van der Waals surface area contributed by atoms with Crippen molar-refractivity contribution in [3.63, 3.8) is 0 Å². The summed E-state index contributed by atoms with van der Waals surface area (Å²) in [5.74, 6) is 0.508. The van der Waals surface area contributed by atoms with Crippen molar-refractivity contribution in [1.82, 2.24) is 5.32 Å². The fourth-order valence-electron chi connectivity index (χ4n) is 2.22. The van der Waals surface area contributed by atoms with Gasteiger partial charge in [0.15, 0.2) is 5.96 Å². The summed E-state index contributed by atoms with van der Waals surface area (Å²) < 4.78 is 0. The lowest BCUT2D eigenvalue weighted by atomic mass is 10.0. The van der Waals surface area contributed by atoms with Gasteiger partial charge in [-0.05, 0) is 43.9 Å². The summed E-state index contributed by atoms with van der Waals surface area (Å²) in [5, 5.41) is 3.16. The quantitative estimate of drug-likeness (QED) is 0.440. The Kier molecular flexibility index (Phi) is 7.55. The molecule has 3 nitrogen and oxygen atoms in total. The molecule has 0 aliphatic carbocycles. The summed E-state index contributed by atoms with van der Waals surface area (Å²) in [7, 11) is 0. The van der Waals surface area contributed by atoms with E-state index in [0.717, 1.165) is 6.42 Å². The summed E-state index contributed by atoms with van der Waals surface area (Å²) in [6.45, 7) is 6.90. The van der Waals surface area contributed by atoms with Crippen LogP contribution in [-0.2, 0) is 6.42 Å². The van der Waals surface area contributed by atoms with Crippen LogP contribution in [0.2, 0.25) is 0 Å². The SMILES string of the molecule is CC(C)(C)NC(N)=NCCc1ccc(-c2ccccc2)cc1.I. The molecule has 3 N–H and O–H groups in total. The van der Waals surface area contributed by atoms with Crippen LogP contribution in [0.15, 0.2) is 59.6 Å². The van der Waals surface area contributed by atoms with Gasteiger partial charge in [-0.3, -0.25) is 4.99 Å². The Bertz CT molecular complexity index is 613. The predicted molar refractivity (Wildman–Crippen MR) is 110 cm³/mol. The molecule has 0 radical (unpaired) electrons. The number of hydrogen-bond donors (Lipinski definition) is 2. The zero-order valence-corrected chi connectivity index (χ0v) is 16.4. The zero-order chi connectivity index (χ0) is 16.0. The van der Waals surface area contributed by atoms with Gasteiger partial charge in [-0.1, -0.05) is 54.6 Å². The second-order valence-electron chi connectivity index (χ2n) is 6.45. The largest absolute Gasteiger partial charge is 0.370 e. The van der Waals surface area contributed by atoms with Crippen molar-refractivity contribution >= 4 is 29.9 Å². The Balaban J connectivity index is 0.00000264. The van der Waals surface area contributed by atoms with E-state index in [9.17, 15) is 0 Å². The monoisotopic (exact) mass is 423 g/mol. The highest BCUT2D eigenvalue weighted by Gasteiger charge is 2.09. The van der Waals surface area contributed by atoms with Crippen LogP contribution in [-0.4, -0.2) is 18.0 Å². The van der Waals surface area contributed by atoms with E-state index in [0.29, 0.717) is 12.5 Å². The Morgan fingerprint density at radius 3 is 2.09 bits per heavy atom. The average molecular weight is 423 g/mol. The first-order valence-electron chi connectivity index (χ1n) is 7.66. The third-order valence-corrected chi connectivity index (χ3v) is 3.25. The van der Waals surface area contributed by atoms with E-state index in [4.69, 9.17) is 5.73 Å². The summed E-state index contributed by atoms with van der Waals surface area (Å²) in [6.07, 6.45) is 0.890. The number of guanidine groups is 1. The third kappa shape index (κ3) is 7.03. The molecule has 124 valence electrons. The molecule has 0 amide bonds. The van der Waals surface area contributed by atoms with E-state index in [2.05, 4.69) is 79.6 Å². The van der Waals surface area contributed by atoms with Crippen LogP contribution < -0.4 is 11.1 Å². The molecule has 0 aromatic heterocycles. The molecular weight excluding hydrogens is 397 g/mol. The maximum absolute atomic E-state index is 5.86. The molecule has 2 rings (SSSR count). The van der Waals surface area contributed by atoms with Crippen LogP contribution in [0.3, 0.4) is 0 Å². The maximum atomic E-state index is 5.86. The number of nitrogens with zero attached hydrogens (tertiary/aromatic N) is 1. The summed E-state index contributed by atoms with van der Waals surface area (Å²) in [6, 6.07) is 19.0. The Morgan fingerprint density at radius 2 is 1.52 bits per heavy atom. The van der Waals surface area contributed by atoms with E-state index < -0.39 is 0 Å². The first kappa shape index (κ1) is 19.5. The van der Waals surface area contributed by atoms with Crippen molar-refractivity contribution in [1.29, 1.82) is 0 Å².